The van der Waals surface area contributed by atoms with Crippen molar-refractivity contribution >= 4 is 27.5 Å². The Kier molecular flexibility index (Phi) is 5.25. The van der Waals surface area contributed by atoms with Crippen LogP contribution in [-0.4, -0.2) is 34.3 Å². The van der Waals surface area contributed by atoms with E-state index in [1.807, 2.05) is 35.7 Å². The first-order chi connectivity index (χ1) is 12.1. The summed E-state index contributed by atoms with van der Waals surface area (Å²) in [7, 11) is 1.58. The summed E-state index contributed by atoms with van der Waals surface area (Å²) in [4.78, 5) is 29.3. The Morgan fingerprint density at radius 2 is 2.08 bits per heavy atom. The monoisotopic (exact) mass is 358 g/mol. The smallest absolute Gasteiger partial charge is 0.305 e. The van der Waals surface area contributed by atoms with Crippen molar-refractivity contribution in [3.8, 4) is 11.1 Å². The highest BCUT2D eigenvalue weighted by molar-refractivity contribution is 7.17. The molecule has 0 radical (unpaired) electrons. The fourth-order valence-corrected chi connectivity index (χ4v) is 3.68. The molecule has 0 aliphatic carbocycles. The number of carboxylic acid groups (broad SMARTS) is 1. The van der Waals surface area contributed by atoms with E-state index in [-0.39, 0.29) is 18.5 Å². The highest BCUT2D eigenvalue weighted by Gasteiger charge is 2.17. The van der Waals surface area contributed by atoms with E-state index in [4.69, 9.17) is 9.84 Å². The van der Waals surface area contributed by atoms with E-state index in [9.17, 15) is 9.59 Å². The van der Waals surface area contributed by atoms with Crippen LogP contribution in [0.1, 0.15) is 12.2 Å². The predicted molar refractivity (Wildman–Crippen MR) is 97.1 cm³/mol. The van der Waals surface area contributed by atoms with E-state index in [1.54, 1.807) is 7.11 Å². The van der Waals surface area contributed by atoms with Gasteiger partial charge in [-0.1, -0.05) is 30.3 Å². The van der Waals surface area contributed by atoms with Gasteiger partial charge in [0.2, 0.25) is 0 Å². The van der Waals surface area contributed by atoms with E-state index in [0.717, 1.165) is 11.1 Å². The van der Waals surface area contributed by atoms with Crippen LogP contribution >= 0.6 is 11.3 Å². The molecule has 2 heterocycles. The van der Waals surface area contributed by atoms with Gasteiger partial charge in [0.15, 0.2) is 0 Å². The number of thiophene rings is 1. The van der Waals surface area contributed by atoms with E-state index < -0.39 is 5.97 Å². The third-order valence-corrected chi connectivity index (χ3v) is 4.81. The Morgan fingerprint density at radius 3 is 2.76 bits per heavy atom. The Bertz CT molecular complexity index is 947. The lowest BCUT2D eigenvalue weighted by molar-refractivity contribution is -0.137. The molecule has 0 unspecified atom stereocenters. The fraction of sp³-hybridized carbons (Fsp3) is 0.278. The van der Waals surface area contributed by atoms with Gasteiger partial charge in [-0.3, -0.25) is 14.2 Å². The SMILES string of the molecule is COCCc1nc2scc(-c3ccccc3)c2c(=O)n1CCC(=O)O. The number of aliphatic carboxylic acids is 1. The van der Waals surface area contributed by atoms with Crippen LogP contribution in [-0.2, 0) is 22.5 Å². The maximum Gasteiger partial charge on any atom is 0.305 e. The minimum atomic E-state index is -0.946. The van der Waals surface area contributed by atoms with Crippen LogP contribution in [0, 0.1) is 0 Å². The predicted octanol–water partition coefficient (Wildman–Crippen LogP) is 2.79. The molecule has 0 spiro atoms. The third-order valence-electron chi connectivity index (χ3n) is 3.94. The van der Waals surface area contributed by atoms with E-state index >= 15 is 0 Å². The summed E-state index contributed by atoms with van der Waals surface area (Å²) < 4.78 is 6.55. The summed E-state index contributed by atoms with van der Waals surface area (Å²) in [5.74, 6) is -0.389. The van der Waals surface area contributed by atoms with Gasteiger partial charge in [0.1, 0.15) is 10.7 Å². The van der Waals surface area contributed by atoms with Crippen molar-refractivity contribution in [1.29, 1.82) is 0 Å². The second-order valence-corrected chi connectivity index (χ2v) is 6.43. The molecule has 0 fully saturated rings. The van der Waals surface area contributed by atoms with Gasteiger partial charge in [-0.2, -0.15) is 0 Å². The summed E-state index contributed by atoms with van der Waals surface area (Å²) in [6.07, 6.45) is 0.331. The Labute approximate surface area is 148 Å². The number of nitrogens with zero attached hydrogens (tertiary/aromatic N) is 2. The van der Waals surface area contributed by atoms with Crippen LogP contribution in [0.4, 0.5) is 0 Å². The second-order valence-electron chi connectivity index (χ2n) is 5.57. The first-order valence-electron chi connectivity index (χ1n) is 7.89. The van der Waals surface area contributed by atoms with Crippen LogP contribution in [0.15, 0.2) is 40.5 Å². The molecule has 1 aromatic carbocycles. The number of methoxy groups -OCH3 is 1. The Balaban J connectivity index is 2.16. The summed E-state index contributed by atoms with van der Waals surface area (Å²) in [6.45, 7) is 0.516. The Morgan fingerprint density at radius 1 is 1.32 bits per heavy atom. The number of ether oxygens (including phenoxy) is 1. The van der Waals surface area contributed by atoms with Gasteiger partial charge >= 0.3 is 5.97 Å². The summed E-state index contributed by atoms with van der Waals surface area (Å²) in [5.41, 5.74) is 1.58. The minimum absolute atomic E-state index is 0.0975. The van der Waals surface area contributed by atoms with Crippen molar-refractivity contribution in [1.82, 2.24) is 9.55 Å². The van der Waals surface area contributed by atoms with Gasteiger partial charge in [0.05, 0.1) is 18.4 Å². The van der Waals surface area contributed by atoms with Crippen molar-refractivity contribution in [3.63, 3.8) is 0 Å². The van der Waals surface area contributed by atoms with E-state index in [1.165, 1.54) is 15.9 Å². The molecule has 0 saturated heterocycles. The fourth-order valence-electron chi connectivity index (χ4n) is 2.72. The molecule has 0 bridgehead atoms. The van der Waals surface area contributed by atoms with Crippen molar-refractivity contribution in [2.45, 2.75) is 19.4 Å². The number of rotatable bonds is 7. The zero-order valence-electron chi connectivity index (χ0n) is 13.8. The molecule has 2 aromatic heterocycles. The molecule has 1 N–H and O–H groups in total. The van der Waals surface area contributed by atoms with E-state index in [2.05, 4.69) is 4.98 Å². The number of carbonyl (C=O) groups is 1. The van der Waals surface area contributed by atoms with Crippen LogP contribution < -0.4 is 5.56 Å². The quantitative estimate of drug-likeness (QED) is 0.702. The molecule has 6 nitrogen and oxygen atoms in total. The number of aromatic nitrogens is 2. The molecule has 0 atom stereocenters. The number of benzene rings is 1. The number of hydrogen-bond donors (Lipinski definition) is 1. The van der Waals surface area contributed by atoms with Gasteiger partial charge in [0, 0.05) is 31.0 Å². The van der Waals surface area contributed by atoms with Crippen LogP contribution in [0.25, 0.3) is 21.3 Å². The topological polar surface area (TPSA) is 81.4 Å². The maximum absolute atomic E-state index is 13.1. The maximum atomic E-state index is 13.1. The zero-order chi connectivity index (χ0) is 17.8. The van der Waals surface area contributed by atoms with Crippen LogP contribution in [0.2, 0.25) is 0 Å². The van der Waals surface area contributed by atoms with Gasteiger partial charge in [-0.05, 0) is 5.56 Å². The number of hydrogen-bond acceptors (Lipinski definition) is 5. The number of carboxylic acids is 1. The standard InChI is InChI=1S/C18H18N2O4S/c1-24-10-8-14-19-17-16(18(23)20(14)9-7-15(21)22)13(11-25-17)12-5-3-2-4-6-12/h2-6,11H,7-10H2,1H3,(H,21,22). The van der Waals surface area contributed by atoms with E-state index in [0.29, 0.717) is 29.1 Å². The van der Waals surface area contributed by atoms with Crippen LogP contribution in [0.3, 0.4) is 0 Å². The van der Waals surface area contributed by atoms with Crippen molar-refractivity contribution < 1.29 is 14.6 Å². The molecule has 0 saturated carbocycles. The third kappa shape index (κ3) is 3.62. The van der Waals surface area contributed by atoms with Gasteiger partial charge in [-0.15, -0.1) is 11.3 Å². The van der Waals surface area contributed by atoms with Crippen LogP contribution in [0.5, 0.6) is 0 Å². The average Bonchev–Trinajstić information content (AvgIpc) is 3.04. The average molecular weight is 358 g/mol. The molecule has 0 amide bonds. The minimum Gasteiger partial charge on any atom is -0.481 e. The number of fused-ring (bicyclic) bond motifs is 1. The van der Waals surface area contributed by atoms with Crippen molar-refractivity contribution in [3.05, 3.63) is 51.9 Å². The second kappa shape index (κ2) is 7.58. The van der Waals surface area contributed by atoms with Crippen molar-refractivity contribution in [2.24, 2.45) is 0 Å². The normalized spacial score (nSPS) is 11.1. The largest absolute Gasteiger partial charge is 0.481 e. The highest BCUT2D eigenvalue weighted by Crippen LogP contribution is 2.30. The highest BCUT2D eigenvalue weighted by atomic mass is 32.1. The molecular formula is C18H18N2O4S. The molecule has 3 aromatic rings. The molecule has 130 valence electrons. The summed E-state index contributed by atoms with van der Waals surface area (Å²) >= 11 is 1.42. The first kappa shape index (κ1) is 17.3. The molecular weight excluding hydrogens is 340 g/mol. The molecule has 0 aliphatic heterocycles. The lowest BCUT2D eigenvalue weighted by Crippen LogP contribution is -2.27. The summed E-state index contributed by atoms with van der Waals surface area (Å²) in [5, 5.41) is 11.5. The van der Waals surface area contributed by atoms with Crippen molar-refractivity contribution in [2.75, 3.05) is 13.7 Å². The van der Waals surface area contributed by atoms with Gasteiger partial charge < -0.3 is 9.84 Å². The molecule has 3 rings (SSSR count). The lowest BCUT2D eigenvalue weighted by Gasteiger charge is -2.12. The first-order valence-corrected chi connectivity index (χ1v) is 8.77. The molecule has 7 heteroatoms. The molecule has 0 aliphatic rings. The summed E-state index contributed by atoms with van der Waals surface area (Å²) in [6, 6.07) is 9.65. The lowest BCUT2D eigenvalue weighted by atomic mass is 10.1. The molecule has 25 heavy (non-hydrogen) atoms. The van der Waals surface area contributed by atoms with Gasteiger partial charge in [-0.25, -0.2) is 4.98 Å². The zero-order valence-corrected chi connectivity index (χ0v) is 14.6. The van der Waals surface area contributed by atoms with Gasteiger partial charge in [0.25, 0.3) is 5.56 Å². The Hall–Kier alpha value is -2.51.